The number of hydrogen-bond donors (Lipinski definition) is 1. The Morgan fingerprint density at radius 1 is 1.26 bits per heavy atom. The maximum absolute atomic E-state index is 13.8. The molecule has 1 atom stereocenters. The van der Waals surface area contributed by atoms with Crippen molar-refractivity contribution in [2.24, 2.45) is 5.73 Å². The summed E-state index contributed by atoms with van der Waals surface area (Å²) in [6.45, 7) is 1.80. The van der Waals surface area contributed by atoms with Gasteiger partial charge in [0.15, 0.2) is 0 Å². The number of nitrogens with zero attached hydrogens (tertiary/aromatic N) is 1. The van der Waals surface area contributed by atoms with Crippen LogP contribution in [-0.2, 0) is 0 Å². The molecule has 0 fully saturated rings. The van der Waals surface area contributed by atoms with Crippen LogP contribution in [0.1, 0.15) is 18.5 Å². The fraction of sp³-hybridized carbons (Fsp3) is 0.143. The molecule has 19 heavy (non-hydrogen) atoms. The summed E-state index contributed by atoms with van der Waals surface area (Å²) in [5, 5.41) is 10.7. The predicted octanol–water partition coefficient (Wildman–Crippen LogP) is 3.42. The van der Waals surface area contributed by atoms with E-state index in [-0.39, 0.29) is 11.7 Å². The number of halogens is 1. The minimum atomic E-state index is -0.503. The highest BCUT2D eigenvalue weighted by Gasteiger charge is 2.12. The van der Waals surface area contributed by atoms with Gasteiger partial charge in [-0.3, -0.25) is 10.1 Å². The number of nitrogens with two attached hydrogens (primary N) is 1. The van der Waals surface area contributed by atoms with Gasteiger partial charge in [-0.2, -0.15) is 0 Å². The van der Waals surface area contributed by atoms with Gasteiger partial charge in [-0.1, -0.05) is 18.2 Å². The van der Waals surface area contributed by atoms with Crippen molar-refractivity contribution >= 4 is 5.69 Å². The van der Waals surface area contributed by atoms with E-state index in [4.69, 9.17) is 5.73 Å². The molecule has 2 aromatic carbocycles. The molecule has 0 bridgehead atoms. The van der Waals surface area contributed by atoms with E-state index in [0.29, 0.717) is 11.1 Å². The Morgan fingerprint density at radius 3 is 2.63 bits per heavy atom. The molecule has 98 valence electrons. The van der Waals surface area contributed by atoms with Gasteiger partial charge in [0, 0.05) is 23.7 Å². The van der Waals surface area contributed by atoms with Gasteiger partial charge in [0.2, 0.25) is 0 Å². The first kappa shape index (κ1) is 13.2. The van der Waals surface area contributed by atoms with E-state index in [1.54, 1.807) is 25.1 Å². The Bertz CT molecular complexity index is 627. The first-order valence-electron chi connectivity index (χ1n) is 5.79. The largest absolute Gasteiger partial charge is 0.324 e. The van der Waals surface area contributed by atoms with Crippen LogP contribution < -0.4 is 5.73 Å². The molecule has 0 saturated carbocycles. The second-order valence-corrected chi connectivity index (χ2v) is 4.34. The minimum absolute atomic E-state index is 0.0666. The summed E-state index contributed by atoms with van der Waals surface area (Å²) in [4.78, 5) is 10.2. The van der Waals surface area contributed by atoms with Gasteiger partial charge in [-0.05, 0) is 30.2 Å². The van der Waals surface area contributed by atoms with Crippen LogP contribution in [0.5, 0.6) is 0 Å². The molecule has 0 aliphatic heterocycles. The number of non-ortho nitro benzene ring substituents is 1. The third kappa shape index (κ3) is 2.77. The third-order valence-corrected chi connectivity index (χ3v) is 2.88. The van der Waals surface area contributed by atoms with Gasteiger partial charge in [0.25, 0.3) is 5.69 Å². The van der Waals surface area contributed by atoms with Gasteiger partial charge in [-0.25, -0.2) is 4.39 Å². The summed E-state index contributed by atoms with van der Waals surface area (Å²) in [5.41, 5.74) is 7.26. The van der Waals surface area contributed by atoms with Crippen molar-refractivity contribution in [3.63, 3.8) is 0 Å². The molecule has 5 heteroatoms. The molecule has 0 spiro atoms. The summed E-state index contributed by atoms with van der Waals surface area (Å²) in [6.07, 6.45) is 0. The molecular weight excluding hydrogens is 247 g/mol. The van der Waals surface area contributed by atoms with Crippen LogP contribution in [0, 0.1) is 15.9 Å². The predicted molar refractivity (Wildman–Crippen MR) is 71.1 cm³/mol. The van der Waals surface area contributed by atoms with Crippen LogP contribution >= 0.6 is 0 Å². The SMILES string of the molecule is CC(N)c1ccc(F)c(-c2cccc([N+](=O)[O-])c2)c1. The maximum Gasteiger partial charge on any atom is 0.270 e. The van der Waals surface area contributed by atoms with Crippen molar-refractivity contribution in [2.45, 2.75) is 13.0 Å². The molecule has 0 heterocycles. The Hall–Kier alpha value is -2.27. The van der Waals surface area contributed by atoms with Crippen LogP contribution in [0.2, 0.25) is 0 Å². The summed E-state index contributed by atoms with van der Waals surface area (Å²) >= 11 is 0. The fourth-order valence-electron chi connectivity index (χ4n) is 1.83. The topological polar surface area (TPSA) is 69.2 Å². The Labute approximate surface area is 109 Å². The van der Waals surface area contributed by atoms with Crippen LogP contribution in [0.3, 0.4) is 0 Å². The van der Waals surface area contributed by atoms with Crippen molar-refractivity contribution < 1.29 is 9.31 Å². The average molecular weight is 260 g/mol. The molecule has 0 amide bonds. The molecule has 1 unspecified atom stereocenters. The van der Waals surface area contributed by atoms with E-state index in [1.165, 1.54) is 24.3 Å². The summed E-state index contributed by atoms with van der Waals surface area (Å²) in [6, 6.07) is 10.2. The first-order chi connectivity index (χ1) is 8.99. The molecule has 2 aromatic rings. The molecular formula is C14H13FN2O2. The van der Waals surface area contributed by atoms with Gasteiger partial charge in [0.1, 0.15) is 5.82 Å². The molecule has 0 aliphatic rings. The third-order valence-electron chi connectivity index (χ3n) is 2.88. The number of hydrogen-bond acceptors (Lipinski definition) is 3. The normalized spacial score (nSPS) is 12.2. The van der Waals surface area contributed by atoms with Gasteiger partial charge in [0.05, 0.1) is 4.92 Å². The lowest BCUT2D eigenvalue weighted by atomic mass is 9.99. The lowest BCUT2D eigenvalue weighted by Gasteiger charge is -2.09. The van der Waals surface area contributed by atoms with Crippen molar-refractivity contribution in [3.05, 3.63) is 64.0 Å². The molecule has 2 N–H and O–H groups in total. The van der Waals surface area contributed by atoms with E-state index in [0.717, 1.165) is 5.56 Å². The number of nitro groups is 1. The fourth-order valence-corrected chi connectivity index (χ4v) is 1.83. The zero-order valence-electron chi connectivity index (χ0n) is 10.3. The second kappa shape index (κ2) is 5.16. The zero-order valence-corrected chi connectivity index (χ0v) is 10.3. The second-order valence-electron chi connectivity index (χ2n) is 4.34. The quantitative estimate of drug-likeness (QED) is 0.679. The molecule has 0 radical (unpaired) electrons. The highest BCUT2D eigenvalue weighted by molar-refractivity contribution is 5.67. The van der Waals surface area contributed by atoms with Crippen LogP contribution in [-0.4, -0.2) is 4.92 Å². The van der Waals surface area contributed by atoms with Gasteiger partial charge in [-0.15, -0.1) is 0 Å². The molecule has 0 aliphatic carbocycles. The van der Waals surface area contributed by atoms with E-state index in [9.17, 15) is 14.5 Å². The van der Waals surface area contributed by atoms with E-state index in [2.05, 4.69) is 0 Å². The van der Waals surface area contributed by atoms with Crippen molar-refractivity contribution in [3.8, 4) is 11.1 Å². The lowest BCUT2D eigenvalue weighted by Crippen LogP contribution is -2.05. The highest BCUT2D eigenvalue weighted by Crippen LogP contribution is 2.28. The van der Waals surface area contributed by atoms with E-state index in [1.807, 2.05) is 0 Å². The van der Waals surface area contributed by atoms with Gasteiger partial charge < -0.3 is 5.73 Å². The molecule has 4 nitrogen and oxygen atoms in total. The number of benzene rings is 2. The smallest absolute Gasteiger partial charge is 0.270 e. The van der Waals surface area contributed by atoms with Crippen molar-refractivity contribution in [1.29, 1.82) is 0 Å². The van der Waals surface area contributed by atoms with E-state index < -0.39 is 10.7 Å². The van der Waals surface area contributed by atoms with Crippen LogP contribution in [0.15, 0.2) is 42.5 Å². The summed E-state index contributed by atoms with van der Waals surface area (Å²) < 4.78 is 13.8. The van der Waals surface area contributed by atoms with Crippen LogP contribution in [0.25, 0.3) is 11.1 Å². The Morgan fingerprint density at radius 2 is 2.00 bits per heavy atom. The van der Waals surface area contributed by atoms with Crippen LogP contribution in [0.4, 0.5) is 10.1 Å². The number of rotatable bonds is 3. The highest BCUT2D eigenvalue weighted by atomic mass is 19.1. The maximum atomic E-state index is 13.8. The minimum Gasteiger partial charge on any atom is -0.324 e. The summed E-state index contributed by atoms with van der Waals surface area (Å²) in [7, 11) is 0. The average Bonchev–Trinajstić information content (AvgIpc) is 2.39. The van der Waals surface area contributed by atoms with Gasteiger partial charge >= 0.3 is 0 Å². The monoisotopic (exact) mass is 260 g/mol. The molecule has 2 rings (SSSR count). The van der Waals surface area contributed by atoms with Crippen molar-refractivity contribution in [1.82, 2.24) is 0 Å². The molecule has 0 saturated heterocycles. The number of nitro benzene ring substituents is 1. The van der Waals surface area contributed by atoms with Crippen molar-refractivity contribution in [2.75, 3.05) is 0 Å². The Balaban J connectivity index is 2.54. The lowest BCUT2D eigenvalue weighted by molar-refractivity contribution is -0.384. The first-order valence-corrected chi connectivity index (χ1v) is 5.79. The standard InChI is InChI=1S/C14H13FN2O2/c1-9(16)10-5-6-14(15)13(8-10)11-3-2-4-12(7-11)17(18)19/h2-9H,16H2,1H3. The zero-order chi connectivity index (χ0) is 14.0. The Kier molecular flexibility index (Phi) is 3.57. The van der Waals surface area contributed by atoms with E-state index >= 15 is 0 Å². The summed E-state index contributed by atoms with van der Waals surface area (Å²) in [5.74, 6) is -0.426. The molecule has 0 aromatic heterocycles.